The largest absolute Gasteiger partial charge is 0.472 e. The van der Waals surface area contributed by atoms with Gasteiger partial charge in [0.2, 0.25) is 10.0 Å². The van der Waals surface area contributed by atoms with Crippen LogP contribution < -0.4 is 10.0 Å². The minimum Gasteiger partial charge on any atom is -0.472 e. The fraction of sp³-hybridized carbons (Fsp3) is 0.308. The highest BCUT2D eigenvalue weighted by Crippen LogP contribution is 2.11. The van der Waals surface area contributed by atoms with Crippen molar-refractivity contribution in [2.75, 3.05) is 11.9 Å². The van der Waals surface area contributed by atoms with Gasteiger partial charge in [0, 0.05) is 24.8 Å². The van der Waals surface area contributed by atoms with Gasteiger partial charge in [-0.2, -0.15) is 0 Å². The predicted octanol–water partition coefficient (Wildman–Crippen LogP) is 1.97. The Labute approximate surface area is 118 Å². The molecule has 0 bridgehead atoms. The number of rotatable bonds is 7. The van der Waals surface area contributed by atoms with Crippen LogP contribution in [0.15, 0.2) is 46.2 Å². The molecule has 2 N–H and O–H groups in total. The summed E-state index contributed by atoms with van der Waals surface area (Å²) in [4.78, 5) is 4.22. The van der Waals surface area contributed by atoms with E-state index < -0.39 is 10.0 Å². The van der Waals surface area contributed by atoms with Crippen molar-refractivity contribution >= 4 is 15.8 Å². The lowest BCUT2D eigenvalue weighted by molar-refractivity contribution is 0.561. The van der Waals surface area contributed by atoms with Crippen molar-refractivity contribution in [3.05, 3.63) is 42.5 Å². The average Bonchev–Trinajstić information content (AvgIpc) is 2.97. The SMILES string of the molecule is CCCNc1ccc(S(=O)(=O)NCc2ccoc2)cn1. The Balaban J connectivity index is 2.01. The number of nitrogens with zero attached hydrogens (tertiary/aromatic N) is 1. The van der Waals surface area contributed by atoms with E-state index in [-0.39, 0.29) is 11.4 Å². The summed E-state index contributed by atoms with van der Waals surface area (Å²) in [6, 6.07) is 4.89. The lowest BCUT2D eigenvalue weighted by Crippen LogP contribution is -2.23. The number of hydrogen-bond acceptors (Lipinski definition) is 5. The zero-order chi connectivity index (χ0) is 14.4. The van der Waals surface area contributed by atoms with Crippen LogP contribution in [0.2, 0.25) is 0 Å². The van der Waals surface area contributed by atoms with Crippen LogP contribution in [0, 0.1) is 0 Å². The zero-order valence-corrected chi connectivity index (χ0v) is 12.0. The second kappa shape index (κ2) is 6.53. The van der Waals surface area contributed by atoms with Gasteiger partial charge >= 0.3 is 0 Å². The van der Waals surface area contributed by atoms with Gasteiger partial charge in [-0.1, -0.05) is 6.92 Å². The maximum atomic E-state index is 12.1. The number of anilines is 1. The molecule has 6 nitrogen and oxygen atoms in total. The Hall–Kier alpha value is -1.86. The Morgan fingerprint density at radius 1 is 1.30 bits per heavy atom. The summed E-state index contributed by atoms with van der Waals surface area (Å²) < 4.78 is 31.5. The first-order valence-electron chi connectivity index (χ1n) is 6.32. The molecule has 0 amide bonds. The molecule has 0 radical (unpaired) electrons. The first-order chi connectivity index (χ1) is 9.62. The lowest BCUT2D eigenvalue weighted by Gasteiger charge is -2.07. The van der Waals surface area contributed by atoms with E-state index in [0.717, 1.165) is 18.5 Å². The number of pyridine rings is 1. The van der Waals surface area contributed by atoms with Gasteiger partial charge in [0.05, 0.1) is 12.5 Å². The minimum atomic E-state index is -3.56. The highest BCUT2D eigenvalue weighted by atomic mass is 32.2. The van der Waals surface area contributed by atoms with Crippen LogP contribution in [-0.2, 0) is 16.6 Å². The van der Waals surface area contributed by atoms with Crippen LogP contribution in [-0.4, -0.2) is 19.9 Å². The third-order valence-electron chi connectivity index (χ3n) is 2.65. The zero-order valence-electron chi connectivity index (χ0n) is 11.2. The molecule has 0 saturated heterocycles. The molecule has 0 atom stereocenters. The van der Waals surface area contributed by atoms with E-state index in [1.807, 2.05) is 6.92 Å². The second-order valence-corrected chi connectivity index (χ2v) is 6.03. The molecule has 7 heteroatoms. The number of hydrogen-bond donors (Lipinski definition) is 2. The molecular weight excluding hydrogens is 278 g/mol. The molecule has 0 fully saturated rings. The number of nitrogens with one attached hydrogen (secondary N) is 2. The minimum absolute atomic E-state index is 0.142. The summed E-state index contributed by atoms with van der Waals surface area (Å²) in [6.07, 6.45) is 5.32. The van der Waals surface area contributed by atoms with Crippen LogP contribution in [0.1, 0.15) is 18.9 Å². The van der Waals surface area contributed by atoms with E-state index in [9.17, 15) is 8.42 Å². The Morgan fingerprint density at radius 2 is 2.15 bits per heavy atom. The first-order valence-corrected chi connectivity index (χ1v) is 7.81. The second-order valence-electron chi connectivity index (χ2n) is 4.26. The lowest BCUT2D eigenvalue weighted by atomic mass is 10.4. The highest BCUT2D eigenvalue weighted by Gasteiger charge is 2.14. The summed E-state index contributed by atoms with van der Waals surface area (Å²) in [5, 5.41) is 3.09. The molecule has 0 unspecified atom stereocenters. The van der Waals surface area contributed by atoms with E-state index in [2.05, 4.69) is 15.0 Å². The topological polar surface area (TPSA) is 84.2 Å². The van der Waals surface area contributed by atoms with Gasteiger partial charge < -0.3 is 9.73 Å². The van der Waals surface area contributed by atoms with Crippen molar-refractivity contribution in [2.45, 2.75) is 24.8 Å². The molecule has 0 saturated carbocycles. The van der Waals surface area contributed by atoms with Gasteiger partial charge in [0.25, 0.3) is 0 Å². The van der Waals surface area contributed by atoms with Crippen molar-refractivity contribution in [3.63, 3.8) is 0 Å². The summed E-state index contributed by atoms with van der Waals surface area (Å²) in [7, 11) is -3.56. The van der Waals surface area contributed by atoms with Gasteiger partial charge in [-0.25, -0.2) is 18.1 Å². The van der Waals surface area contributed by atoms with Gasteiger partial charge in [-0.15, -0.1) is 0 Å². The summed E-state index contributed by atoms with van der Waals surface area (Å²) in [5.41, 5.74) is 0.766. The molecule has 0 aromatic carbocycles. The van der Waals surface area contributed by atoms with Crippen LogP contribution in [0.5, 0.6) is 0 Å². The normalized spacial score (nSPS) is 11.4. The number of sulfonamides is 1. The van der Waals surface area contributed by atoms with Crippen molar-refractivity contribution in [1.29, 1.82) is 0 Å². The molecule has 0 aliphatic rings. The van der Waals surface area contributed by atoms with Crippen molar-refractivity contribution in [1.82, 2.24) is 9.71 Å². The van der Waals surface area contributed by atoms with Gasteiger partial charge in [0.1, 0.15) is 10.7 Å². The molecular formula is C13H17N3O3S. The maximum Gasteiger partial charge on any atom is 0.242 e. The van der Waals surface area contributed by atoms with Crippen LogP contribution >= 0.6 is 0 Å². The molecule has 0 aliphatic carbocycles. The third kappa shape index (κ3) is 3.82. The standard InChI is InChI=1S/C13H17N3O3S/c1-2-6-14-13-4-3-12(9-15-13)20(17,18)16-8-11-5-7-19-10-11/h3-5,7,9-10,16H,2,6,8H2,1H3,(H,14,15). The van der Waals surface area contributed by atoms with E-state index >= 15 is 0 Å². The molecule has 2 aromatic heterocycles. The predicted molar refractivity (Wildman–Crippen MR) is 75.8 cm³/mol. The monoisotopic (exact) mass is 295 g/mol. The van der Waals surface area contributed by atoms with Gasteiger partial charge in [-0.05, 0) is 24.6 Å². The van der Waals surface area contributed by atoms with Gasteiger partial charge in [-0.3, -0.25) is 0 Å². The van der Waals surface area contributed by atoms with E-state index in [1.54, 1.807) is 12.1 Å². The molecule has 20 heavy (non-hydrogen) atoms. The molecule has 0 spiro atoms. The van der Waals surface area contributed by atoms with Crippen LogP contribution in [0.25, 0.3) is 0 Å². The van der Waals surface area contributed by atoms with E-state index in [1.165, 1.54) is 24.8 Å². The Bertz CT molecular complexity index is 621. The number of aromatic nitrogens is 1. The fourth-order valence-electron chi connectivity index (χ4n) is 1.55. The Kier molecular flexibility index (Phi) is 4.75. The average molecular weight is 295 g/mol. The third-order valence-corrected chi connectivity index (χ3v) is 4.04. The molecule has 2 rings (SSSR count). The smallest absolute Gasteiger partial charge is 0.242 e. The fourth-order valence-corrected chi connectivity index (χ4v) is 2.51. The summed E-state index contributed by atoms with van der Waals surface area (Å²) >= 11 is 0. The maximum absolute atomic E-state index is 12.1. The first kappa shape index (κ1) is 14.5. The quantitative estimate of drug-likeness (QED) is 0.816. The van der Waals surface area contributed by atoms with Gasteiger partial charge in [0.15, 0.2) is 0 Å². The van der Waals surface area contributed by atoms with E-state index in [0.29, 0.717) is 5.82 Å². The molecule has 2 heterocycles. The van der Waals surface area contributed by atoms with Crippen LogP contribution in [0.3, 0.4) is 0 Å². The summed E-state index contributed by atoms with van der Waals surface area (Å²) in [5.74, 6) is 0.667. The molecule has 108 valence electrons. The van der Waals surface area contributed by atoms with Crippen molar-refractivity contribution in [2.24, 2.45) is 0 Å². The van der Waals surface area contributed by atoms with E-state index in [4.69, 9.17) is 4.42 Å². The Morgan fingerprint density at radius 3 is 2.75 bits per heavy atom. The van der Waals surface area contributed by atoms with Crippen molar-refractivity contribution < 1.29 is 12.8 Å². The number of furan rings is 1. The van der Waals surface area contributed by atoms with Crippen LogP contribution in [0.4, 0.5) is 5.82 Å². The van der Waals surface area contributed by atoms with Crippen molar-refractivity contribution in [3.8, 4) is 0 Å². The molecule has 2 aromatic rings. The summed E-state index contributed by atoms with van der Waals surface area (Å²) in [6.45, 7) is 3.04. The molecule has 0 aliphatic heterocycles. The highest BCUT2D eigenvalue weighted by molar-refractivity contribution is 7.89.